The molecule has 1 aromatic carbocycles. The van der Waals surface area contributed by atoms with Crippen LogP contribution in [-0.2, 0) is 0 Å². The lowest BCUT2D eigenvalue weighted by Gasteiger charge is -2.17. The first-order chi connectivity index (χ1) is 13.9. The second-order valence-corrected chi connectivity index (χ2v) is 8.63. The monoisotopic (exact) mass is 431 g/mol. The molecular formula is C20H19ClFN5OS. The molecule has 150 valence electrons. The molecule has 29 heavy (non-hydrogen) atoms. The minimum absolute atomic E-state index is 0.00944. The number of nitrogens with one attached hydrogen (secondary N) is 1. The third-order valence-corrected chi connectivity index (χ3v) is 5.87. The Bertz CT molecular complexity index is 1070. The zero-order valence-corrected chi connectivity index (χ0v) is 17.5. The van der Waals surface area contributed by atoms with Gasteiger partial charge in [-0.25, -0.2) is 19.3 Å². The predicted molar refractivity (Wildman–Crippen MR) is 112 cm³/mol. The number of nitrogens with zero attached hydrogens (tertiary/aromatic N) is 4. The Hall–Kier alpha value is -2.58. The smallest absolute Gasteiger partial charge is 0.256 e. The van der Waals surface area contributed by atoms with Crippen LogP contribution in [-0.4, -0.2) is 38.8 Å². The van der Waals surface area contributed by atoms with E-state index in [0.29, 0.717) is 31.2 Å². The van der Waals surface area contributed by atoms with Crippen molar-refractivity contribution in [1.29, 1.82) is 0 Å². The van der Waals surface area contributed by atoms with E-state index in [1.165, 1.54) is 12.1 Å². The maximum Gasteiger partial charge on any atom is 0.256 e. The summed E-state index contributed by atoms with van der Waals surface area (Å²) in [6.07, 6.45) is 2.52. The summed E-state index contributed by atoms with van der Waals surface area (Å²) < 4.78 is 14.2. The lowest BCUT2D eigenvalue weighted by atomic mass is 10.1. The Labute approximate surface area is 176 Å². The van der Waals surface area contributed by atoms with Crippen molar-refractivity contribution in [2.45, 2.75) is 26.2 Å². The van der Waals surface area contributed by atoms with Crippen LogP contribution in [0.2, 0.25) is 5.02 Å². The highest BCUT2D eigenvalue weighted by molar-refractivity contribution is 7.15. The van der Waals surface area contributed by atoms with Gasteiger partial charge in [-0.3, -0.25) is 4.79 Å². The predicted octanol–water partition coefficient (Wildman–Crippen LogP) is 4.72. The van der Waals surface area contributed by atoms with Crippen molar-refractivity contribution in [3.8, 4) is 0 Å². The van der Waals surface area contributed by atoms with E-state index < -0.39 is 5.82 Å². The zero-order chi connectivity index (χ0) is 20.5. The van der Waals surface area contributed by atoms with E-state index in [1.54, 1.807) is 28.5 Å². The first kappa shape index (κ1) is 19.7. The topological polar surface area (TPSA) is 71.0 Å². The number of rotatable bonds is 4. The number of carbonyl (C=O) groups excluding carboxylic acids is 1. The summed E-state index contributed by atoms with van der Waals surface area (Å²) in [7, 11) is 0. The molecule has 9 heteroatoms. The second kappa shape index (κ2) is 8.04. The van der Waals surface area contributed by atoms with Crippen LogP contribution in [0.25, 0.3) is 0 Å². The quantitative estimate of drug-likeness (QED) is 0.647. The van der Waals surface area contributed by atoms with Gasteiger partial charge in [0.2, 0.25) is 0 Å². The third-order valence-electron chi connectivity index (χ3n) is 4.75. The SMILES string of the molecule is Cc1cc(Nc2ncc(C)s2)nc(C2CCN(C(=O)c3cccc(Cl)c3F)C2)n1. The molecule has 0 aliphatic carbocycles. The van der Waals surface area contributed by atoms with Gasteiger partial charge in [-0.1, -0.05) is 17.7 Å². The molecule has 0 saturated carbocycles. The number of carbonyl (C=O) groups is 1. The second-order valence-electron chi connectivity index (χ2n) is 6.99. The molecule has 2 aromatic heterocycles. The summed E-state index contributed by atoms with van der Waals surface area (Å²) in [6.45, 7) is 4.85. The molecule has 1 unspecified atom stereocenters. The molecule has 0 spiro atoms. The number of benzene rings is 1. The number of anilines is 2. The van der Waals surface area contributed by atoms with E-state index in [2.05, 4.69) is 20.3 Å². The summed E-state index contributed by atoms with van der Waals surface area (Å²) in [5, 5.41) is 3.93. The van der Waals surface area contributed by atoms with Crippen molar-refractivity contribution in [3.63, 3.8) is 0 Å². The third kappa shape index (κ3) is 4.23. The van der Waals surface area contributed by atoms with E-state index in [4.69, 9.17) is 11.6 Å². The summed E-state index contributed by atoms with van der Waals surface area (Å²) in [5.74, 6) is 0.284. The van der Waals surface area contributed by atoms with Gasteiger partial charge in [-0.2, -0.15) is 0 Å². The average molecular weight is 432 g/mol. The first-order valence-electron chi connectivity index (χ1n) is 9.19. The molecule has 1 saturated heterocycles. The Morgan fingerprint density at radius 3 is 2.93 bits per heavy atom. The van der Waals surface area contributed by atoms with Gasteiger partial charge in [0.15, 0.2) is 10.9 Å². The van der Waals surface area contributed by atoms with Crippen LogP contribution >= 0.6 is 22.9 Å². The van der Waals surface area contributed by atoms with Gasteiger partial charge < -0.3 is 10.2 Å². The Morgan fingerprint density at radius 1 is 1.34 bits per heavy atom. The number of halogens is 2. The number of hydrogen-bond donors (Lipinski definition) is 1. The van der Waals surface area contributed by atoms with Crippen LogP contribution in [0.15, 0.2) is 30.5 Å². The maximum atomic E-state index is 14.2. The number of likely N-dealkylation sites (tertiary alicyclic amines) is 1. The molecule has 3 aromatic rings. The van der Waals surface area contributed by atoms with E-state index in [0.717, 1.165) is 15.7 Å². The fourth-order valence-corrected chi connectivity index (χ4v) is 4.20. The maximum absolute atomic E-state index is 14.2. The minimum Gasteiger partial charge on any atom is -0.338 e. The highest BCUT2D eigenvalue weighted by Crippen LogP contribution is 2.29. The van der Waals surface area contributed by atoms with Gasteiger partial charge in [-0.05, 0) is 32.4 Å². The highest BCUT2D eigenvalue weighted by Gasteiger charge is 2.31. The molecular weight excluding hydrogens is 413 g/mol. The highest BCUT2D eigenvalue weighted by atomic mass is 35.5. The van der Waals surface area contributed by atoms with E-state index in [-0.39, 0.29) is 22.4 Å². The Kier molecular flexibility index (Phi) is 5.47. The van der Waals surface area contributed by atoms with Crippen molar-refractivity contribution in [2.75, 3.05) is 18.4 Å². The summed E-state index contributed by atoms with van der Waals surface area (Å²) in [5.41, 5.74) is 0.821. The molecule has 1 aliphatic rings. The molecule has 6 nitrogen and oxygen atoms in total. The standard InChI is InChI=1S/C20H19ClFN5OS/c1-11-8-16(26-20-23-9-12(2)29-20)25-18(24-11)13-6-7-27(10-13)19(28)14-4-3-5-15(21)17(14)22/h3-5,8-9,13H,6-7,10H2,1-2H3,(H,23,24,25,26). The van der Waals surface area contributed by atoms with Gasteiger partial charge in [-0.15, -0.1) is 11.3 Å². The molecule has 1 amide bonds. The van der Waals surface area contributed by atoms with Crippen LogP contribution in [0.5, 0.6) is 0 Å². The van der Waals surface area contributed by atoms with E-state index >= 15 is 0 Å². The van der Waals surface area contributed by atoms with Crippen molar-refractivity contribution in [1.82, 2.24) is 19.9 Å². The molecule has 4 rings (SSSR count). The lowest BCUT2D eigenvalue weighted by Crippen LogP contribution is -2.29. The zero-order valence-electron chi connectivity index (χ0n) is 15.9. The van der Waals surface area contributed by atoms with Crippen molar-refractivity contribution in [2.24, 2.45) is 0 Å². The lowest BCUT2D eigenvalue weighted by molar-refractivity contribution is 0.0786. The number of hydrogen-bond acceptors (Lipinski definition) is 6. The molecule has 1 atom stereocenters. The number of amides is 1. The summed E-state index contributed by atoms with van der Waals surface area (Å²) in [4.78, 5) is 29.0. The summed E-state index contributed by atoms with van der Waals surface area (Å²) in [6, 6.07) is 6.32. The van der Waals surface area contributed by atoms with Crippen molar-refractivity contribution >= 4 is 39.8 Å². The van der Waals surface area contributed by atoms with Crippen LogP contribution in [0.3, 0.4) is 0 Å². The number of aryl methyl sites for hydroxylation is 2. The van der Waals surface area contributed by atoms with Crippen molar-refractivity contribution in [3.05, 3.63) is 63.3 Å². The fraction of sp³-hybridized carbons (Fsp3) is 0.300. The van der Waals surface area contributed by atoms with Crippen molar-refractivity contribution < 1.29 is 9.18 Å². The van der Waals surface area contributed by atoms with Crippen LogP contribution in [0, 0.1) is 19.7 Å². The fourth-order valence-electron chi connectivity index (χ4n) is 3.35. The number of aromatic nitrogens is 3. The van der Waals surface area contributed by atoms with E-state index in [9.17, 15) is 9.18 Å². The van der Waals surface area contributed by atoms with Crippen LogP contribution < -0.4 is 5.32 Å². The molecule has 0 bridgehead atoms. The Balaban J connectivity index is 1.51. The normalized spacial score (nSPS) is 16.3. The Morgan fingerprint density at radius 2 is 2.17 bits per heavy atom. The molecule has 1 fully saturated rings. The molecule has 3 heterocycles. The van der Waals surface area contributed by atoms with Gasteiger partial charge in [0, 0.05) is 41.8 Å². The van der Waals surface area contributed by atoms with Gasteiger partial charge in [0.25, 0.3) is 5.91 Å². The van der Waals surface area contributed by atoms with Crippen LogP contribution in [0.4, 0.5) is 15.3 Å². The average Bonchev–Trinajstić information content (AvgIpc) is 3.32. The van der Waals surface area contributed by atoms with E-state index in [1.807, 2.05) is 19.9 Å². The van der Waals surface area contributed by atoms with Crippen LogP contribution in [0.1, 0.15) is 39.1 Å². The molecule has 0 radical (unpaired) electrons. The molecule has 1 aliphatic heterocycles. The van der Waals surface area contributed by atoms with Gasteiger partial charge >= 0.3 is 0 Å². The van der Waals surface area contributed by atoms with Gasteiger partial charge in [0.1, 0.15) is 11.6 Å². The molecule has 1 N–H and O–H groups in total. The number of thiazole rings is 1. The first-order valence-corrected chi connectivity index (χ1v) is 10.4. The minimum atomic E-state index is -0.681. The summed E-state index contributed by atoms with van der Waals surface area (Å²) >= 11 is 7.36. The largest absolute Gasteiger partial charge is 0.338 e. The van der Waals surface area contributed by atoms with Gasteiger partial charge in [0.05, 0.1) is 10.6 Å².